The van der Waals surface area contributed by atoms with Crippen LogP contribution in [0.15, 0.2) is 16.3 Å². The van der Waals surface area contributed by atoms with E-state index in [1.54, 1.807) is 6.07 Å². The number of nitriles is 1. The molecule has 1 fully saturated rings. The normalized spacial score (nSPS) is 18.2. The minimum atomic E-state index is -3.66. The molecule has 0 bridgehead atoms. The van der Waals surface area contributed by atoms with E-state index in [1.165, 1.54) is 21.7 Å². The van der Waals surface area contributed by atoms with Gasteiger partial charge in [-0.25, -0.2) is 8.42 Å². The van der Waals surface area contributed by atoms with Crippen LogP contribution in [0.2, 0.25) is 4.34 Å². The summed E-state index contributed by atoms with van der Waals surface area (Å²) in [6, 6.07) is 5.17. The highest BCUT2D eigenvalue weighted by Crippen LogP contribution is 2.34. The zero-order valence-corrected chi connectivity index (χ0v) is 18.0. The van der Waals surface area contributed by atoms with Gasteiger partial charge < -0.3 is 5.32 Å². The van der Waals surface area contributed by atoms with Gasteiger partial charge in [0.15, 0.2) is 0 Å². The number of halogens is 1. The van der Waals surface area contributed by atoms with E-state index in [0.29, 0.717) is 34.3 Å². The molecule has 10 heteroatoms. The second-order valence-electron chi connectivity index (χ2n) is 6.35. The Kier molecular flexibility index (Phi) is 5.93. The number of sulfonamides is 1. The maximum absolute atomic E-state index is 12.8. The summed E-state index contributed by atoms with van der Waals surface area (Å²) in [7, 11) is -3.66. The van der Waals surface area contributed by atoms with Crippen molar-refractivity contribution in [2.75, 3.05) is 18.4 Å². The molecule has 0 radical (unpaired) electrons. The molecule has 3 rings (SSSR count). The quantitative estimate of drug-likeness (QED) is 0.773. The van der Waals surface area contributed by atoms with E-state index in [0.717, 1.165) is 21.8 Å². The lowest BCUT2D eigenvalue weighted by atomic mass is 9.99. The van der Waals surface area contributed by atoms with Crippen LogP contribution < -0.4 is 5.32 Å². The van der Waals surface area contributed by atoms with Crippen LogP contribution in [0.1, 0.15) is 28.8 Å². The van der Waals surface area contributed by atoms with Gasteiger partial charge >= 0.3 is 0 Å². The number of hydrogen-bond donors (Lipinski definition) is 1. The van der Waals surface area contributed by atoms with Gasteiger partial charge in [-0.1, -0.05) is 11.6 Å². The maximum atomic E-state index is 12.8. The van der Waals surface area contributed by atoms with Crippen LogP contribution in [0, 0.1) is 31.1 Å². The van der Waals surface area contributed by atoms with Gasteiger partial charge in [0.05, 0.1) is 15.8 Å². The van der Waals surface area contributed by atoms with E-state index in [1.807, 2.05) is 13.8 Å². The molecule has 144 valence electrons. The third-order valence-electron chi connectivity index (χ3n) is 4.63. The van der Waals surface area contributed by atoms with Gasteiger partial charge in [-0.3, -0.25) is 4.79 Å². The highest BCUT2D eigenvalue weighted by molar-refractivity contribution is 7.91. The smallest absolute Gasteiger partial charge is 0.252 e. The second-order valence-corrected chi connectivity index (χ2v) is 11.5. The van der Waals surface area contributed by atoms with E-state index in [-0.39, 0.29) is 16.7 Å². The maximum Gasteiger partial charge on any atom is 0.252 e. The number of nitrogens with zero attached hydrogens (tertiary/aromatic N) is 2. The molecule has 0 saturated carbocycles. The first-order chi connectivity index (χ1) is 12.7. The fraction of sp³-hybridized carbons (Fsp3) is 0.412. The van der Waals surface area contributed by atoms with Crippen molar-refractivity contribution < 1.29 is 13.2 Å². The van der Waals surface area contributed by atoms with Gasteiger partial charge in [0, 0.05) is 18.0 Å². The average Bonchev–Trinajstić information content (AvgIpc) is 3.19. The Morgan fingerprint density at radius 3 is 2.74 bits per heavy atom. The summed E-state index contributed by atoms with van der Waals surface area (Å²) in [5, 5.41) is 12.7. The summed E-state index contributed by atoms with van der Waals surface area (Å²) in [5.74, 6) is -0.713. The second kappa shape index (κ2) is 7.89. The third kappa shape index (κ3) is 4.05. The molecule has 6 nitrogen and oxygen atoms in total. The van der Waals surface area contributed by atoms with Crippen LogP contribution in [0.5, 0.6) is 0 Å². The molecule has 2 aromatic heterocycles. The van der Waals surface area contributed by atoms with E-state index < -0.39 is 15.9 Å². The lowest BCUT2D eigenvalue weighted by molar-refractivity contribution is -0.120. The number of piperidine rings is 1. The van der Waals surface area contributed by atoms with Crippen molar-refractivity contribution in [3.8, 4) is 6.07 Å². The highest BCUT2D eigenvalue weighted by atomic mass is 35.5. The van der Waals surface area contributed by atoms with Crippen molar-refractivity contribution >= 4 is 55.2 Å². The zero-order chi connectivity index (χ0) is 19.8. The number of aryl methyl sites for hydroxylation is 1. The van der Waals surface area contributed by atoms with E-state index >= 15 is 0 Å². The average molecular weight is 444 g/mol. The van der Waals surface area contributed by atoms with Crippen LogP contribution in [0.4, 0.5) is 5.00 Å². The number of carbonyl (C=O) groups is 1. The molecule has 1 saturated heterocycles. The monoisotopic (exact) mass is 443 g/mol. The Morgan fingerprint density at radius 2 is 2.11 bits per heavy atom. The summed E-state index contributed by atoms with van der Waals surface area (Å²) in [4.78, 5) is 13.7. The predicted octanol–water partition coefficient (Wildman–Crippen LogP) is 3.99. The minimum absolute atomic E-state index is 0.120. The molecule has 1 N–H and O–H groups in total. The number of rotatable bonds is 4. The summed E-state index contributed by atoms with van der Waals surface area (Å²) >= 11 is 8.24. The van der Waals surface area contributed by atoms with E-state index in [4.69, 9.17) is 11.6 Å². The van der Waals surface area contributed by atoms with Gasteiger partial charge in [-0.05, 0) is 44.4 Å². The van der Waals surface area contributed by atoms with Gasteiger partial charge in [0.1, 0.15) is 15.3 Å². The fourth-order valence-electron chi connectivity index (χ4n) is 3.00. The van der Waals surface area contributed by atoms with E-state index in [2.05, 4.69) is 11.4 Å². The van der Waals surface area contributed by atoms with Crippen molar-refractivity contribution in [2.45, 2.75) is 30.9 Å². The molecule has 0 spiro atoms. The van der Waals surface area contributed by atoms with Gasteiger partial charge in [0.2, 0.25) is 5.91 Å². The lowest BCUT2D eigenvalue weighted by Gasteiger charge is -2.30. The van der Waals surface area contributed by atoms with Crippen LogP contribution >= 0.6 is 34.3 Å². The molecule has 2 aromatic rings. The zero-order valence-electron chi connectivity index (χ0n) is 14.8. The van der Waals surface area contributed by atoms with Crippen LogP contribution in [0.25, 0.3) is 0 Å². The highest BCUT2D eigenvalue weighted by Gasteiger charge is 2.34. The Bertz CT molecular complexity index is 1020. The Hall–Kier alpha value is -1.44. The number of nitrogens with one attached hydrogen (secondary N) is 1. The van der Waals surface area contributed by atoms with Crippen LogP contribution in [0.3, 0.4) is 0 Å². The summed E-state index contributed by atoms with van der Waals surface area (Å²) in [6.45, 7) is 4.25. The summed E-state index contributed by atoms with van der Waals surface area (Å²) in [6.07, 6.45) is 1.21. The first-order valence-corrected chi connectivity index (χ1v) is 11.8. The molecular weight excluding hydrogens is 426 g/mol. The number of amides is 1. The largest absolute Gasteiger partial charge is 0.316 e. The lowest BCUT2D eigenvalue weighted by Crippen LogP contribution is -2.43. The van der Waals surface area contributed by atoms with Crippen LogP contribution in [-0.4, -0.2) is 31.7 Å². The van der Waals surface area contributed by atoms with Crippen molar-refractivity contribution in [1.29, 1.82) is 5.26 Å². The first kappa shape index (κ1) is 20.3. The first-order valence-electron chi connectivity index (χ1n) is 8.30. The Balaban J connectivity index is 1.76. The van der Waals surface area contributed by atoms with Crippen molar-refractivity contribution in [3.05, 3.63) is 32.5 Å². The number of carbonyl (C=O) groups excluding carboxylic acids is 1. The Labute approximate surface area is 171 Å². The number of anilines is 1. The number of thiophene rings is 2. The SMILES string of the molecule is Cc1sc(NC(=O)[C@H]2CCCN(S(=O)(=O)c3ccc(Cl)s3)C2)c(C#N)c1C. The molecule has 1 aliphatic heterocycles. The van der Waals surface area contributed by atoms with E-state index in [9.17, 15) is 18.5 Å². The van der Waals surface area contributed by atoms with Crippen LogP contribution in [-0.2, 0) is 14.8 Å². The molecule has 0 aromatic carbocycles. The van der Waals surface area contributed by atoms with Crippen molar-refractivity contribution in [3.63, 3.8) is 0 Å². The molecule has 0 unspecified atom stereocenters. The van der Waals surface area contributed by atoms with Gasteiger partial charge in [-0.15, -0.1) is 22.7 Å². The number of hydrogen-bond acceptors (Lipinski definition) is 6. The molecular formula is C17H18ClN3O3S3. The standard InChI is InChI=1S/C17H18ClN3O3S3/c1-10-11(2)25-17(13(10)8-19)20-16(22)12-4-3-7-21(9-12)27(23,24)15-6-5-14(18)26-15/h5-6,12H,3-4,7,9H2,1-2H3,(H,20,22)/t12-/m0/s1. The molecule has 27 heavy (non-hydrogen) atoms. The molecule has 1 aliphatic rings. The van der Waals surface area contributed by atoms with Crippen molar-refractivity contribution in [1.82, 2.24) is 4.31 Å². The third-order valence-corrected chi connectivity index (χ3v) is 9.32. The van der Waals surface area contributed by atoms with Gasteiger partial charge in [0.25, 0.3) is 10.0 Å². The molecule has 1 amide bonds. The predicted molar refractivity (Wildman–Crippen MR) is 108 cm³/mol. The molecule has 0 aliphatic carbocycles. The molecule has 1 atom stereocenters. The summed E-state index contributed by atoms with van der Waals surface area (Å²) in [5.41, 5.74) is 1.33. The van der Waals surface area contributed by atoms with Gasteiger partial charge in [-0.2, -0.15) is 9.57 Å². The van der Waals surface area contributed by atoms with Crippen molar-refractivity contribution in [2.24, 2.45) is 5.92 Å². The minimum Gasteiger partial charge on any atom is -0.316 e. The topological polar surface area (TPSA) is 90.3 Å². The fourth-order valence-corrected chi connectivity index (χ4v) is 7.18. The molecule has 3 heterocycles. The Morgan fingerprint density at radius 1 is 1.37 bits per heavy atom. The summed E-state index contributed by atoms with van der Waals surface area (Å²) < 4.78 is 27.5.